The maximum atomic E-state index is 6.20. The Hall–Kier alpha value is -2.33. The van der Waals surface area contributed by atoms with Gasteiger partial charge in [0.25, 0.3) is 0 Å². The second-order valence-corrected chi connectivity index (χ2v) is 7.87. The van der Waals surface area contributed by atoms with E-state index in [1.807, 2.05) is 25.1 Å². The predicted molar refractivity (Wildman–Crippen MR) is 139 cm³/mol. The first kappa shape index (κ1) is 24.3. The van der Waals surface area contributed by atoms with Gasteiger partial charge in [0.15, 0.2) is 5.96 Å². The van der Waals surface area contributed by atoms with Gasteiger partial charge in [-0.05, 0) is 37.6 Å². The third-order valence-electron chi connectivity index (χ3n) is 5.55. The molecular weight excluding hydrogens is 517 g/mol. The van der Waals surface area contributed by atoms with Crippen molar-refractivity contribution < 1.29 is 9.47 Å². The fourth-order valence-corrected chi connectivity index (χ4v) is 3.87. The number of aryl methyl sites for hydroxylation is 2. The minimum atomic E-state index is 0. The van der Waals surface area contributed by atoms with Crippen LogP contribution in [0, 0.1) is 13.8 Å². The highest BCUT2D eigenvalue weighted by atomic mass is 127. The average Bonchev–Trinajstić information content (AvgIpc) is 3.39. The van der Waals surface area contributed by atoms with Gasteiger partial charge in [-0.3, -0.25) is 4.99 Å². The van der Waals surface area contributed by atoms with Gasteiger partial charge >= 0.3 is 0 Å². The summed E-state index contributed by atoms with van der Waals surface area (Å²) < 4.78 is 13.9. The number of nitrogens with one attached hydrogen (secondary N) is 2. The summed E-state index contributed by atoms with van der Waals surface area (Å²) in [6.45, 7) is 7.75. The van der Waals surface area contributed by atoms with Crippen molar-refractivity contribution in [2.75, 3.05) is 26.8 Å². The van der Waals surface area contributed by atoms with E-state index in [-0.39, 0.29) is 30.1 Å². The molecule has 1 saturated heterocycles. The lowest BCUT2D eigenvalue weighted by Crippen LogP contribution is -2.38. The van der Waals surface area contributed by atoms with Gasteiger partial charge in [-0.15, -0.1) is 24.0 Å². The molecule has 32 heavy (non-hydrogen) atoms. The highest BCUT2D eigenvalue weighted by molar-refractivity contribution is 14.0. The van der Waals surface area contributed by atoms with Gasteiger partial charge in [0.2, 0.25) is 0 Å². The number of hydrogen-bond donors (Lipinski definition) is 2. The molecule has 0 aliphatic carbocycles. The minimum Gasteiger partial charge on any atom is -0.488 e. The number of para-hydroxylation sites is 2. The molecule has 2 N–H and O–H groups in total. The number of guanidine groups is 1. The Bertz CT molecular complexity index is 1060. The number of fused-ring (bicyclic) bond motifs is 1. The van der Waals surface area contributed by atoms with Crippen LogP contribution >= 0.6 is 24.0 Å². The summed E-state index contributed by atoms with van der Waals surface area (Å²) in [6.07, 6.45) is 1.07. The first-order valence-electron chi connectivity index (χ1n) is 10.8. The van der Waals surface area contributed by atoms with E-state index >= 15 is 0 Å². The quantitative estimate of drug-likeness (QED) is 0.267. The van der Waals surface area contributed by atoms with Gasteiger partial charge in [0, 0.05) is 38.7 Å². The van der Waals surface area contributed by atoms with Crippen molar-refractivity contribution in [3.63, 3.8) is 0 Å². The van der Waals surface area contributed by atoms with Gasteiger partial charge in [0.05, 0.1) is 24.2 Å². The summed E-state index contributed by atoms with van der Waals surface area (Å²) in [5.41, 5.74) is 4.48. The van der Waals surface area contributed by atoms with E-state index in [2.05, 4.69) is 56.4 Å². The fraction of sp³-hybridized carbons (Fsp3) is 0.417. The number of hydrogen-bond acceptors (Lipinski definition) is 4. The van der Waals surface area contributed by atoms with Crippen LogP contribution in [0.3, 0.4) is 0 Å². The van der Waals surface area contributed by atoms with E-state index in [1.165, 1.54) is 5.56 Å². The lowest BCUT2D eigenvalue weighted by molar-refractivity contribution is 0.140. The van der Waals surface area contributed by atoms with Crippen LogP contribution in [0.1, 0.15) is 23.4 Å². The molecule has 1 aromatic heterocycles. The fourth-order valence-electron chi connectivity index (χ4n) is 3.87. The highest BCUT2D eigenvalue weighted by Gasteiger charge is 2.18. The van der Waals surface area contributed by atoms with Crippen molar-refractivity contribution in [2.24, 2.45) is 4.99 Å². The summed E-state index contributed by atoms with van der Waals surface area (Å²) in [7, 11) is 1.79. The Labute approximate surface area is 206 Å². The van der Waals surface area contributed by atoms with Crippen LogP contribution in [-0.2, 0) is 17.8 Å². The second kappa shape index (κ2) is 11.5. The molecule has 4 rings (SSSR count). The molecule has 2 heterocycles. The molecule has 0 spiro atoms. The molecule has 2 aromatic carbocycles. The zero-order valence-electron chi connectivity index (χ0n) is 18.9. The first-order chi connectivity index (χ1) is 15.1. The summed E-state index contributed by atoms with van der Waals surface area (Å²) in [5, 5.41) is 6.81. The highest BCUT2D eigenvalue weighted by Crippen LogP contribution is 2.23. The number of ether oxygens (including phenoxy) is 2. The Morgan fingerprint density at radius 3 is 2.84 bits per heavy atom. The third kappa shape index (κ3) is 5.92. The minimum absolute atomic E-state index is 0. The van der Waals surface area contributed by atoms with Gasteiger partial charge in [-0.2, -0.15) is 0 Å². The van der Waals surface area contributed by atoms with Crippen molar-refractivity contribution >= 4 is 41.0 Å². The predicted octanol–water partition coefficient (Wildman–Crippen LogP) is 3.80. The second-order valence-electron chi connectivity index (χ2n) is 7.87. The molecule has 172 valence electrons. The summed E-state index contributed by atoms with van der Waals surface area (Å²) >= 11 is 0. The molecule has 0 saturated carbocycles. The zero-order valence-corrected chi connectivity index (χ0v) is 21.3. The van der Waals surface area contributed by atoms with Crippen molar-refractivity contribution in [3.8, 4) is 5.75 Å². The van der Waals surface area contributed by atoms with Crippen LogP contribution < -0.4 is 15.4 Å². The zero-order chi connectivity index (χ0) is 21.6. The first-order valence-corrected chi connectivity index (χ1v) is 10.8. The van der Waals surface area contributed by atoms with Gasteiger partial charge < -0.3 is 24.7 Å². The normalized spacial score (nSPS) is 16.1. The maximum Gasteiger partial charge on any atom is 0.191 e. The number of rotatable bonds is 7. The van der Waals surface area contributed by atoms with E-state index in [1.54, 1.807) is 7.05 Å². The van der Waals surface area contributed by atoms with Crippen LogP contribution in [0.2, 0.25) is 0 Å². The van der Waals surface area contributed by atoms with Gasteiger partial charge in [0.1, 0.15) is 17.7 Å². The number of nitrogens with zero attached hydrogens (tertiary/aromatic N) is 3. The Morgan fingerprint density at radius 1 is 1.22 bits per heavy atom. The van der Waals surface area contributed by atoms with Crippen LogP contribution in [0.4, 0.5) is 0 Å². The number of aromatic nitrogens is 2. The monoisotopic (exact) mass is 549 g/mol. The molecule has 1 fully saturated rings. The Balaban J connectivity index is 0.00000289. The summed E-state index contributed by atoms with van der Waals surface area (Å²) in [4.78, 5) is 9.00. The van der Waals surface area contributed by atoms with E-state index in [0.717, 1.165) is 60.2 Å². The molecule has 1 aliphatic rings. The van der Waals surface area contributed by atoms with Crippen LogP contribution in [0.5, 0.6) is 5.75 Å². The molecule has 3 aromatic rings. The SMILES string of the molecule is CN=C(NCCn1c(C)nc2ccccc21)NCc1ccc(C)cc1OC1CCOC1.I. The molecular formula is C24H32IN5O2. The molecule has 0 bridgehead atoms. The number of halogens is 1. The van der Waals surface area contributed by atoms with Crippen molar-refractivity contribution in [1.82, 2.24) is 20.2 Å². The van der Waals surface area contributed by atoms with Crippen molar-refractivity contribution in [2.45, 2.75) is 39.5 Å². The summed E-state index contributed by atoms with van der Waals surface area (Å²) in [5.74, 6) is 2.69. The summed E-state index contributed by atoms with van der Waals surface area (Å²) in [6, 6.07) is 14.5. The molecule has 8 heteroatoms. The average molecular weight is 549 g/mol. The van der Waals surface area contributed by atoms with E-state index < -0.39 is 0 Å². The standard InChI is InChI=1S/C24H31N5O2.HI/c1-17-8-9-19(23(14-17)31-20-10-13-30-16-20)15-27-24(25-3)26-11-12-29-18(2)28-21-6-4-5-7-22(21)29;/h4-9,14,20H,10-13,15-16H2,1-3H3,(H2,25,26,27);1H. The molecule has 1 aliphatic heterocycles. The van der Waals surface area contributed by atoms with E-state index in [9.17, 15) is 0 Å². The van der Waals surface area contributed by atoms with Crippen LogP contribution in [0.25, 0.3) is 11.0 Å². The molecule has 7 nitrogen and oxygen atoms in total. The lowest BCUT2D eigenvalue weighted by Gasteiger charge is -2.18. The van der Waals surface area contributed by atoms with Crippen molar-refractivity contribution in [3.05, 3.63) is 59.4 Å². The molecule has 1 atom stereocenters. The smallest absolute Gasteiger partial charge is 0.191 e. The van der Waals surface area contributed by atoms with E-state index in [0.29, 0.717) is 13.2 Å². The lowest BCUT2D eigenvalue weighted by atomic mass is 10.1. The van der Waals surface area contributed by atoms with Crippen LogP contribution in [-0.4, -0.2) is 48.4 Å². The molecule has 0 amide bonds. The topological polar surface area (TPSA) is 72.7 Å². The van der Waals surface area contributed by atoms with Crippen LogP contribution in [0.15, 0.2) is 47.5 Å². The molecule has 0 radical (unpaired) electrons. The Morgan fingerprint density at radius 2 is 2.06 bits per heavy atom. The van der Waals surface area contributed by atoms with Crippen molar-refractivity contribution in [1.29, 1.82) is 0 Å². The number of aliphatic imine (C=N–C) groups is 1. The third-order valence-corrected chi connectivity index (χ3v) is 5.55. The van der Waals surface area contributed by atoms with E-state index in [4.69, 9.17) is 9.47 Å². The van der Waals surface area contributed by atoms with Gasteiger partial charge in [-0.1, -0.05) is 24.3 Å². The van der Waals surface area contributed by atoms with Gasteiger partial charge in [-0.25, -0.2) is 4.98 Å². The largest absolute Gasteiger partial charge is 0.488 e. The molecule has 1 unspecified atom stereocenters. The Kier molecular flexibility index (Phi) is 8.75. The number of benzene rings is 2. The maximum absolute atomic E-state index is 6.20. The number of imidazole rings is 1.